The largest absolute Gasteiger partial charge is 0.393 e. The summed E-state index contributed by atoms with van der Waals surface area (Å²) >= 11 is 0. The lowest BCUT2D eigenvalue weighted by Crippen LogP contribution is -2.24. The van der Waals surface area contributed by atoms with E-state index in [0.717, 1.165) is 51.4 Å². The van der Waals surface area contributed by atoms with Crippen molar-refractivity contribution in [1.29, 1.82) is 0 Å². The summed E-state index contributed by atoms with van der Waals surface area (Å²) in [5, 5.41) is 23.8. The van der Waals surface area contributed by atoms with Gasteiger partial charge in [-0.15, -0.1) is 0 Å². The van der Waals surface area contributed by atoms with E-state index in [0.29, 0.717) is 31.7 Å². The zero-order chi connectivity index (χ0) is 22.1. The number of hydrogen-bond acceptors (Lipinski definition) is 4. The lowest BCUT2D eigenvalue weighted by molar-refractivity contribution is -0.122. The molecule has 1 aromatic carbocycles. The summed E-state index contributed by atoms with van der Waals surface area (Å²) in [6.45, 7) is 0. The molecule has 1 aromatic rings. The van der Waals surface area contributed by atoms with Gasteiger partial charge in [-0.25, -0.2) is 0 Å². The van der Waals surface area contributed by atoms with Crippen molar-refractivity contribution in [3.8, 4) is 0 Å². The minimum atomic E-state index is -0.539. The molecule has 31 heavy (non-hydrogen) atoms. The Bertz CT molecular complexity index is 688. The molecule has 0 aromatic heterocycles. The Morgan fingerprint density at radius 3 is 2.52 bits per heavy atom. The van der Waals surface area contributed by atoms with E-state index in [-0.39, 0.29) is 29.9 Å². The molecule has 2 saturated carbocycles. The van der Waals surface area contributed by atoms with Gasteiger partial charge in [0.15, 0.2) is 0 Å². The molecule has 0 unspecified atom stereocenters. The van der Waals surface area contributed by atoms with E-state index >= 15 is 0 Å². The van der Waals surface area contributed by atoms with Gasteiger partial charge in [0, 0.05) is 24.8 Å². The first-order valence-corrected chi connectivity index (χ1v) is 12.2. The number of hydrogen-bond donors (Lipinski definition) is 3. The van der Waals surface area contributed by atoms with Gasteiger partial charge in [-0.2, -0.15) is 0 Å². The molecular formula is C26H39NO4. The maximum absolute atomic E-state index is 12.4. The third kappa shape index (κ3) is 8.38. The highest BCUT2D eigenvalue weighted by Gasteiger charge is 2.40. The number of nitrogens with one attached hydrogen (secondary N) is 1. The van der Waals surface area contributed by atoms with Gasteiger partial charge < -0.3 is 15.5 Å². The Hall–Kier alpha value is -1.72. The molecule has 4 atom stereocenters. The van der Waals surface area contributed by atoms with Crippen LogP contribution in [0.15, 0.2) is 30.3 Å². The number of ketones is 1. The van der Waals surface area contributed by atoms with Crippen LogP contribution < -0.4 is 5.32 Å². The van der Waals surface area contributed by atoms with E-state index in [9.17, 15) is 19.8 Å². The third-order valence-corrected chi connectivity index (χ3v) is 6.89. The van der Waals surface area contributed by atoms with Crippen molar-refractivity contribution in [3.63, 3.8) is 0 Å². The minimum absolute atomic E-state index is 0.0204. The van der Waals surface area contributed by atoms with Gasteiger partial charge in [0.1, 0.15) is 5.78 Å². The maximum Gasteiger partial charge on any atom is 0.220 e. The van der Waals surface area contributed by atoms with Gasteiger partial charge in [-0.3, -0.25) is 9.59 Å². The third-order valence-electron chi connectivity index (χ3n) is 6.89. The summed E-state index contributed by atoms with van der Waals surface area (Å²) < 4.78 is 0. The summed E-state index contributed by atoms with van der Waals surface area (Å²) in [5.74, 6) is 0.229. The fraction of sp³-hybridized carbons (Fsp3) is 0.692. The van der Waals surface area contributed by atoms with E-state index in [1.165, 1.54) is 5.56 Å². The van der Waals surface area contributed by atoms with Gasteiger partial charge in [-0.05, 0) is 62.8 Å². The Kier molecular flexibility index (Phi) is 9.54. The molecule has 5 heteroatoms. The quantitative estimate of drug-likeness (QED) is 0.391. The smallest absolute Gasteiger partial charge is 0.220 e. The fourth-order valence-corrected chi connectivity index (χ4v) is 4.83. The van der Waals surface area contributed by atoms with Crippen LogP contribution in [0.1, 0.15) is 82.6 Å². The SMILES string of the molecule is O=C(CCCCCC[C@H]1[C@@H](O)CC(=O)[C@@H]1CC[C@@H](O)CCc1ccccc1)NC1CC1. The molecule has 0 aliphatic heterocycles. The molecule has 3 rings (SSSR count). The first kappa shape index (κ1) is 23.9. The number of aliphatic hydroxyl groups is 2. The second-order valence-corrected chi connectivity index (χ2v) is 9.56. The highest BCUT2D eigenvalue weighted by Crippen LogP contribution is 2.36. The van der Waals surface area contributed by atoms with E-state index in [1.54, 1.807) is 0 Å². The van der Waals surface area contributed by atoms with E-state index < -0.39 is 12.2 Å². The van der Waals surface area contributed by atoms with Crippen LogP contribution in [0, 0.1) is 11.8 Å². The Balaban J connectivity index is 1.31. The number of carbonyl (C=O) groups excluding carboxylic acids is 2. The first-order chi connectivity index (χ1) is 15.0. The van der Waals surface area contributed by atoms with Crippen LogP contribution in [0.5, 0.6) is 0 Å². The number of aliphatic hydroxyl groups excluding tert-OH is 2. The number of unbranched alkanes of at least 4 members (excludes halogenated alkanes) is 3. The second kappa shape index (κ2) is 12.4. The van der Waals surface area contributed by atoms with E-state index in [2.05, 4.69) is 17.4 Å². The van der Waals surface area contributed by atoms with Crippen LogP contribution in [0.4, 0.5) is 0 Å². The van der Waals surface area contributed by atoms with Gasteiger partial charge in [-0.1, -0.05) is 49.6 Å². The van der Waals surface area contributed by atoms with Crippen LogP contribution in [0.2, 0.25) is 0 Å². The summed E-state index contributed by atoms with van der Waals surface area (Å²) in [6, 6.07) is 10.6. The maximum atomic E-state index is 12.4. The molecule has 2 fully saturated rings. The highest BCUT2D eigenvalue weighted by atomic mass is 16.3. The van der Waals surface area contributed by atoms with Gasteiger partial charge in [0.2, 0.25) is 5.91 Å². The van der Waals surface area contributed by atoms with Crippen molar-refractivity contribution in [2.24, 2.45) is 11.8 Å². The summed E-state index contributed by atoms with van der Waals surface area (Å²) in [7, 11) is 0. The number of Topliss-reactive ketones (excluding diaryl/α,β-unsaturated/α-hetero) is 1. The monoisotopic (exact) mass is 429 g/mol. The second-order valence-electron chi connectivity index (χ2n) is 9.56. The normalized spacial score (nSPS) is 24.3. The molecular weight excluding hydrogens is 390 g/mol. The number of amides is 1. The number of aryl methyl sites for hydroxylation is 1. The van der Waals surface area contributed by atoms with Crippen molar-refractivity contribution >= 4 is 11.7 Å². The number of benzene rings is 1. The van der Waals surface area contributed by atoms with Gasteiger partial charge >= 0.3 is 0 Å². The van der Waals surface area contributed by atoms with Crippen molar-refractivity contribution in [2.45, 2.75) is 102 Å². The lowest BCUT2D eigenvalue weighted by atomic mass is 9.85. The number of carbonyl (C=O) groups is 2. The molecule has 0 radical (unpaired) electrons. The van der Waals surface area contributed by atoms with Crippen LogP contribution in [0.25, 0.3) is 0 Å². The molecule has 3 N–H and O–H groups in total. The van der Waals surface area contributed by atoms with E-state index in [4.69, 9.17) is 0 Å². The minimum Gasteiger partial charge on any atom is -0.393 e. The molecule has 2 aliphatic carbocycles. The molecule has 2 aliphatic rings. The number of rotatable bonds is 14. The zero-order valence-electron chi connectivity index (χ0n) is 18.7. The summed E-state index contributed by atoms with van der Waals surface area (Å²) in [5.41, 5.74) is 1.22. The van der Waals surface area contributed by atoms with Crippen LogP contribution in [-0.4, -0.2) is 40.2 Å². The predicted octanol–water partition coefficient (Wildman–Crippen LogP) is 3.95. The molecule has 0 heterocycles. The topological polar surface area (TPSA) is 86.6 Å². The molecule has 172 valence electrons. The molecule has 0 bridgehead atoms. The van der Waals surface area contributed by atoms with Gasteiger partial charge in [0.05, 0.1) is 12.2 Å². The molecule has 0 saturated heterocycles. The Morgan fingerprint density at radius 1 is 1.03 bits per heavy atom. The van der Waals surface area contributed by atoms with Crippen LogP contribution in [-0.2, 0) is 16.0 Å². The van der Waals surface area contributed by atoms with Crippen molar-refractivity contribution in [2.75, 3.05) is 0 Å². The van der Waals surface area contributed by atoms with Crippen molar-refractivity contribution < 1.29 is 19.8 Å². The predicted molar refractivity (Wildman–Crippen MR) is 121 cm³/mol. The van der Waals surface area contributed by atoms with Crippen molar-refractivity contribution in [1.82, 2.24) is 5.32 Å². The van der Waals surface area contributed by atoms with Crippen LogP contribution in [0.3, 0.4) is 0 Å². The van der Waals surface area contributed by atoms with Crippen molar-refractivity contribution in [3.05, 3.63) is 35.9 Å². The summed E-state index contributed by atoms with van der Waals surface area (Å²) in [6.07, 6.45) is 9.76. The zero-order valence-corrected chi connectivity index (χ0v) is 18.7. The summed E-state index contributed by atoms with van der Waals surface area (Å²) in [4.78, 5) is 24.1. The molecule has 1 amide bonds. The van der Waals surface area contributed by atoms with E-state index in [1.807, 2.05) is 18.2 Å². The highest BCUT2D eigenvalue weighted by molar-refractivity contribution is 5.84. The average molecular weight is 430 g/mol. The van der Waals surface area contributed by atoms with Gasteiger partial charge in [0.25, 0.3) is 0 Å². The van der Waals surface area contributed by atoms with Crippen LogP contribution >= 0.6 is 0 Å². The Morgan fingerprint density at radius 2 is 1.77 bits per heavy atom. The Labute approximate surface area is 186 Å². The molecule has 5 nitrogen and oxygen atoms in total. The average Bonchev–Trinajstić information content (AvgIpc) is 3.52. The standard InChI is InChI=1S/C26H39NO4/c28-21(15-12-19-8-4-3-5-9-19)16-17-23-22(24(29)18-25(23)30)10-6-1-2-7-11-26(31)27-20-13-14-20/h3-5,8-9,20-24,28-29H,1-2,6-7,10-18H2,(H,27,31)/t21-,22+,23+,24-/m0/s1. The first-order valence-electron chi connectivity index (χ1n) is 12.2. The fourth-order valence-electron chi connectivity index (χ4n) is 4.83. The molecule has 0 spiro atoms. The lowest BCUT2D eigenvalue weighted by Gasteiger charge is -2.22.